The number of rotatable bonds is 1. The third kappa shape index (κ3) is 1.66. The maximum absolute atomic E-state index is 11.3. The summed E-state index contributed by atoms with van der Waals surface area (Å²) in [5.74, 6) is 0.819. The number of aromatic nitrogens is 2. The molecule has 1 aliphatic heterocycles. The molecule has 0 aliphatic carbocycles. The van der Waals surface area contributed by atoms with Crippen molar-refractivity contribution in [3.8, 4) is 0 Å². The standard InChI is InChI=1S/C9H11N3O2/c1-7-10-5-8(6-11-7)12-3-2-4-14-9(12)13/h5-6H,2-4H2,1H3/p+1. The van der Waals surface area contributed by atoms with Gasteiger partial charge in [0.2, 0.25) is 0 Å². The molecule has 0 atom stereocenters. The number of hydrogen-bond acceptors (Lipinski definition) is 3. The summed E-state index contributed by atoms with van der Waals surface area (Å²) in [6.45, 7) is 3.06. The second-order valence-electron chi connectivity index (χ2n) is 3.18. The largest absolute Gasteiger partial charge is 0.449 e. The Hall–Kier alpha value is -1.65. The normalized spacial score (nSPS) is 16.6. The van der Waals surface area contributed by atoms with Crippen LogP contribution in [0.1, 0.15) is 12.2 Å². The first-order chi connectivity index (χ1) is 6.77. The highest BCUT2D eigenvalue weighted by Crippen LogP contribution is 2.14. The number of ether oxygens (including phenoxy) is 1. The molecule has 1 aliphatic rings. The van der Waals surface area contributed by atoms with E-state index in [1.807, 2.05) is 6.92 Å². The summed E-state index contributed by atoms with van der Waals surface area (Å²) >= 11 is 0. The van der Waals surface area contributed by atoms with Crippen molar-refractivity contribution in [1.82, 2.24) is 4.98 Å². The predicted octanol–water partition coefficient (Wildman–Crippen LogP) is 0.551. The van der Waals surface area contributed by atoms with Gasteiger partial charge in [-0.2, -0.15) is 0 Å². The van der Waals surface area contributed by atoms with Crippen molar-refractivity contribution in [2.75, 3.05) is 18.1 Å². The van der Waals surface area contributed by atoms with Gasteiger partial charge in [-0.3, -0.25) is 4.90 Å². The molecule has 2 heterocycles. The minimum atomic E-state index is -0.296. The summed E-state index contributed by atoms with van der Waals surface area (Å²) in [4.78, 5) is 20.0. The molecule has 1 amide bonds. The predicted molar refractivity (Wildman–Crippen MR) is 48.8 cm³/mol. The zero-order valence-electron chi connectivity index (χ0n) is 7.99. The number of nitrogens with zero attached hydrogens (tertiary/aromatic N) is 2. The van der Waals surface area contributed by atoms with Gasteiger partial charge in [-0.1, -0.05) is 4.98 Å². The van der Waals surface area contributed by atoms with Gasteiger partial charge < -0.3 is 4.74 Å². The third-order valence-electron chi connectivity index (χ3n) is 2.10. The molecule has 0 unspecified atom stereocenters. The Kier molecular flexibility index (Phi) is 2.30. The Labute approximate surface area is 81.7 Å². The highest BCUT2D eigenvalue weighted by atomic mass is 16.6. The Morgan fingerprint density at radius 3 is 3.14 bits per heavy atom. The number of H-pyrrole nitrogens is 1. The molecular formula is C9H12N3O2+. The second-order valence-corrected chi connectivity index (χ2v) is 3.18. The van der Waals surface area contributed by atoms with Gasteiger partial charge in [0.25, 0.3) is 5.82 Å². The van der Waals surface area contributed by atoms with Crippen molar-refractivity contribution in [1.29, 1.82) is 0 Å². The zero-order valence-corrected chi connectivity index (χ0v) is 7.99. The van der Waals surface area contributed by atoms with Crippen molar-refractivity contribution < 1.29 is 14.5 Å². The topological polar surface area (TPSA) is 56.6 Å². The van der Waals surface area contributed by atoms with Crippen LogP contribution in [-0.2, 0) is 4.74 Å². The lowest BCUT2D eigenvalue weighted by atomic mass is 10.3. The van der Waals surface area contributed by atoms with Crippen molar-refractivity contribution >= 4 is 11.8 Å². The molecule has 1 aromatic rings. The third-order valence-corrected chi connectivity index (χ3v) is 2.10. The molecular weight excluding hydrogens is 182 g/mol. The molecule has 5 heteroatoms. The van der Waals surface area contributed by atoms with Gasteiger partial charge in [0.15, 0.2) is 6.20 Å². The first-order valence-electron chi connectivity index (χ1n) is 4.56. The van der Waals surface area contributed by atoms with E-state index in [1.54, 1.807) is 17.3 Å². The van der Waals surface area contributed by atoms with E-state index in [1.165, 1.54) is 0 Å². The molecule has 1 saturated heterocycles. The van der Waals surface area contributed by atoms with E-state index >= 15 is 0 Å². The van der Waals surface area contributed by atoms with Gasteiger partial charge in [0.1, 0.15) is 11.9 Å². The monoisotopic (exact) mass is 194 g/mol. The highest BCUT2D eigenvalue weighted by molar-refractivity contribution is 5.87. The molecule has 0 radical (unpaired) electrons. The van der Waals surface area contributed by atoms with E-state index in [0.29, 0.717) is 13.2 Å². The molecule has 0 aromatic carbocycles. The smallest absolute Gasteiger partial charge is 0.414 e. The van der Waals surface area contributed by atoms with Crippen LogP contribution < -0.4 is 9.88 Å². The van der Waals surface area contributed by atoms with E-state index < -0.39 is 0 Å². The average Bonchev–Trinajstić information content (AvgIpc) is 2.20. The fraction of sp³-hybridized carbons (Fsp3) is 0.444. The Balaban J connectivity index is 2.20. The van der Waals surface area contributed by atoms with Gasteiger partial charge in [-0.05, 0) is 6.42 Å². The fourth-order valence-corrected chi connectivity index (χ4v) is 1.35. The van der Waals surface area contributed by atoms with Crippen LogP contribution in [0.2, 0.25) is 0 Å². The summed E-state index contributed by atoms with van der Waals surface area (Å²) in [5, 5.41) is 0. The number of cyclic esters (lactones) is 1. The second kappa shape index (κ2) is 3.61. The summed E-state index contributed by atoms with van der Waals surface area (Å²) in [5.41, 5.74) is 0.750. The molecule has 2 rings (SSSR count). The van der Waals surface area contributed by atoms with E-state index in [9.17, 15) is 4.79 Å². The minimum absolute atomic E-state index is 0.296. The van der Waals surface area contributed by atoms with Crippen molar-refractivity contribution in [2.24, 2.45) is 0 Å². The van der Waals surface area contributed by atoms with Crippen LogP contribution in [0.15, 0.2) is 12.4 Å². The van der Waals surface area contributed by atoms with E-state index in [0.717, 1.165) is 17.9 Å². The summed E-state index contributed by atoms with van der Waals surface area (Å²) in [7, 11) is 0. The van der Waals surface area contributed by atoms with E-state index in [4.69, 9.17) is 4.74 Å². The van der Waals surface area contributed by atoms with Crippen LogP contribution in [0.3, 0.4) is 0 Å². The number of carbonyl (C=O) groups excluding carboxylic acids is 1. The molecule has 0 spiro atoms. The van der Waals surface area contributed by atoms with Gasteiger partial charge in [0.05, 0.1) is 6.61 Å². The molecule has 0 bridgehead atoms. The zero-order chi connectivity index (χ0) is 9.97. The number of nitrogens with one attached hydrogen (secondary N) is 1. The molecule has 5 nitrogen and oxygen atoms in total. The van der Waals surface area contributed by atoms with Gasteiger partial charge in [0, 0.05) is 13.5 Å². The van der Waals surface area contributed by atoms with Crippen molar-refractivity contribution in [3.63, 3.8) is 0 Å². The Bertz CT molecular complexity index is 336. The van der Waals surface area contributed by atoms with Gasteiger partial charge in [-0.25, -0.2) is 9.78 Å². The van der Waals surface area contributed by atoms with E-state index in [2.05, 4.69) is 9.97 Å². The quantitative estimate of drug-likeness (QED) is 0.656. The molecule has 74 valence electrons. The lowest BCUT2D eigenvalue weighted by Gasteiger charge is -2.24. The minimum Gasteiger partial charge on any atom is -0.449 e. The average molecular weight is 194 g/mol. The SMILES string of the molecule is Cc1ncc(N2CCCOC2=O)c[nH+]1. The van der Waals surface area contributed by atoms with Gasteiger partial charge in [-0.15, -0.1) is 0 Å². The van der Waals surface area contributed by atoms with Crippen LogP contribution >= 0.6 is 0 Å². The molecule has 1 fully saturated rings. The number of amides is 1. The van der Waals surface area contributed by atoms with E-state index in [-0.39, 0.29) is 6.09 Å². The number of aromatic amines is 1. The maximum atomic E-state index is 11.3. The summed E-state index contributed by atoms with van der Waals surface area (Å²) < 4.78 is 4.92. The van der Waals surface area contributed by atoms with Gasteiger partial charge >= 0.3 is 6.09 Å². The molecule has 0 saturated carbocycles. The molecule has 1 aromatic heterocycles. The summed E-state index contributed by atoms with van der Waals surface area (Å²) in [6.07, 6.45) is 3.99. The number of aryl methyl sites for hydroxylation is 1. The highest BCUT2D eigenvalue weighted by Gasteiger charge is 2.22. The summed E-state index contributed by atoms with van der Waals surface area (Å²) in [6, 6.07) is 0. The lowest BCUT2D eigenvalue weighted by molar-refractivity contribution is -0.391. The number of anilines is 1. The first-order valence-corrected chi connectivity index (χ1v) is 4.56. The molecule has 14 heavy (non-hydrogen) atoms. The maximum Gasteiger partial charge on any atom is 0.414 e. The van der Waals surface area contributed by atoms with Crippen LogP contribution in [0, 0.1) is 6.92 Å². The lowest BCUT2D eigenvalue weighted by Crippen LogP contribution is -2.38. The Morgan fingerprint density at radius 2 is 2.50 bits per heavy atom. The van der Waals surface area contributed by atoms with Crippen LogP contribution in [0.25, 0.3) is 0 Å². The Morgan fingerprint density at radius 1 is 1.64 bits per heavy atom. The number of hydrogen-bond donors (Lipinski definition) is 0. The fourth-order valence-electron chi connectivity index (χ4n) is 1.35. The molecule has 1 N–H and O–H groups in total. The van der Waals surface area contributed by atoms with Crippen LogP contribution in [0.4, 0.5) is 10.5 Å². The van der Waals surface area contributed by atoms with Crippen molar-refractivity contribution in [3.05, 3.63) is 18.2 Å². The van der Waals surface area contributed by atoms with Crippen LogP contribution in [-0.4, -0.2) is 24.2 Å². The van der Waals surface area contributed by atoms with Crippen molar-refractivity contribution in [2.45, 2.75) is 13.3 Å². The first kappa shape index (κ1) is 8.93. The number of carbonyl (C=O) groups is 1. The van der Waals surface area contributed by atoms with Crippen LogP contribution in [0.5, 0.6) is 0 Å².